The summed E-state index contributed by atoms with van der Waals surface area (Å²) in [5.74, 6) is 0. The van der Waals surface area contributed by atoms with E-state index in [2.05, 4.69) is 9.82 Å². The average Bonchev–Trinajstić information content (AvgIpc) is 2.79. The van der Waals surface area contributed by atoms with E-state index < -0.39 is 10.0 Å². The first-order valence-corrected chi connectivity index (χ1v) is 9.40. The normalized spacial score (nSPS) is 11.9. The summed E-state index contributed by atoms with van der Waals surface area (Å²) in [5, 5.41) is 5.31. The smallest absolute Gasteiger partial charge is 0.240 e. The van der Waals surface area contributed by atoms with Gasteiger partial charge in [0, 0.05) is 18.1 Å². The molecule has 1 N–H and O–H groups in total. The molecule has 0 atom stereocenters. The molecule has 0 bridgehead atoms. The van der Waals surface area contributed by atoms with E-state index in [-0.39, 0.29) is 4.90 Å². The number of sulfonamides is 1. The lowest BCUT2D eigenvalue weighted by molar-refractivity contribution is 0.546. The first-order valence-electron chi connectivity index (χ1n) is 7.16. The van der Waals surface area contributed by atoms with Gasteiger partial charge < -0.3 is 0 Å². The lowest BCUT2D eigenvalue weighted by Crippen LogP contribution is -2.26. The van der Waals surface area contributed by atoms with Crippen molar-refractivity contribution in [1.29, 1.82) is 0 Å². The highest BCUT2D eigenvalue weighted by Gasteiger charge is 2.17. The van der Waals surface area contributed by atoms with E-state index in [0.29, 0.717) is 35.1 Å². The van der Waals surface area contributed by atoms with E-state index in [1.54, 1.807) is 36.9 Å². The molecule has 1 heterocycles. The van der Waals surface area contributed by atoms with Gasteiger partial charge in [0.15, 0.2) is 0 Å². The van der Waals surface area contributed by atoms with Crippen LogP contribution in [0.5, 0.6) is 0 Å². The van der Waals surface area contributed by atoms with Crippen molar-refractivity contribution in [3.05, 3.63) is 45.2 Å². The molecule has 0 radical (unpaired) electrons. The lowest BCUT2D eigenvalue weighted by atomic mass is 10.2. The van der Waals surface area contributed by atoms with Crippen LogP contribution in [0.4, 0.5) is 0 Å². The quantitative estimate of drug-likeness (QED) is 0.785. The maximum atomic E-state index is 12.4. The molecule has 2 rings (SSSR count). The monoisotopic (exact) mass is 375 g/mol. The number of rotatable bonds is 6. The number of halogens is 2. The van der Waals surface area contributed by atoms with Gasteiger partial charge in [-0.25, -0.2) is 13.1 Å². The van der Waals surface area contributed by atoms with Gasteiger partial charge in [0.05, 0.1) is 21.8 Å². The number of aryl methyl sites for hydroxylation is 3. The van der Waals surface area contributed by atoms with Crippen molar-refractivity contribution in [2.45, 2.75) is 38.6 Å². The van der Waals surface area contributed by atoms with Crippen molar-refractivity contribution in [1.82, 2.24) is 14.5 Å². The van der Waals surface area contributed by atoms with Gasteiger partial charge >= 0.3 is 0 Å². The van der Waals surface area contributed by atoms with E-state index in [9.17, 15) is 8.42 Å². The van der Waals surface area contributed by atoms with Crippen LogP contribution in [0, 0.1) is 20.8 Å². The lowest BCUT2D eigenvalue weighted by Gasteiger charge is -2.11. The Morgan fingerprint density at radius 3 is 2.43 bits per heavy atom. The van der Waals surface area contributed by atoms with Gasteiger partial charge in [0.25, 0.3) is 0 Å². The maximum Gasteiger partial charge on any atom is 0.240 e. The summed E-state index contributed by atoms with van der Waals surface area (Å²) < 4.78 is 29.2. The molecule has 0 spiro atoms. The molecule has 0 fully saturated rings. The molecule has 0 unspecified atom stereocenters. The topological polar surface area (TPSA) is 64.0 Å². The molecule has 8 heteroatoms. The van der Waals surface area contributed by atoms with Gasteiger partial charge in [-0.2, -0.15) is 5.10 Å². The molecule has 1 aromatic heterocycles. The second-order valence-electron chi connectivity index (χ2n) is 5.42. The molecule has 0 saturated heterocycles. The highest BCUT2D eigenvalue weighted by atomic mass is 35.5. The fourth-order valence-electron chi connectivity index (χ4n) is 2.21. The van der Waals surface area contributed by atoms with Gasteiger partial charge in [-0.1, -0.05) is 23.2 Å². The van der Waals surface area contributed by atoms with Crippen molar-refractivity contribution in [3.63, 3.8) is 0 Å². The third-order valence-electron chi connectivity index (χ3n) is 3.63. The Morgan fingerprint density at radius 1 is 1.13 bits per heavy atom. The Morgan fingerprint density at radius 2 is 1.83 bits per heavy atom. The van der Waals surface area contributed by atoms with Crippen LogP contribution < -0.4 is 4.72 Å². The number of hydrogen-bond acceptors (Lipinski definition) is 3. The van der Waals surface area contributed by atoms with Gasteiger partial charge in [-0.15, -0.1) is 0 Å². The Labute approximate surface area is 146 Å². The molecule has 1 aromatic carbocycles. The number of aromatic nitrogens is 2. The Bertz CT molecular complexity index is 816. The number of nitrogens with zero attached hydrogens (tertiary/aromatic N) is 2. The highest BCUT2D eigenvalue weighted by Crippen LogP contribution is 2.23. The first-order chi connectivity index (χ1) is 10.7. The fraction of sp³-hybridized carbons (Fsp3) is 0.400. The zero-order valence-corrected chi connectivity index (χ0v) is 15.6. The Hall–Kier alpha value is -1.08. The van der Waals surface area contributed by atoms with Crippen LogP contribution in [0.3, 0.4) is 0 Å². The molecule has 126 valence electrons. The van der Waals surface area contributed by atoms with Crippen LogP contribution in [0.1, 0.15) is 23.2 Å². The van der Waals surface area contributed by atoms with Crippen molar-refractivity contribution in [2.24, 2.45) is 0 Å². The van der Waals surface area contributed by atoms with Crippen LogP contribution >= 0.6 is 23.2 Å². The minimum atomic E-state index is -3.55. The highest BCUT2D eigenvalue weighted by molar-refractivity contribution is 7.89. The molecular formula is C15H19Cl2N3O2S. The molecule has 23 heavy (non-hydrogen) atoms. The molecule has 0 aliphatic heterocycles. The number of hydrogen-bond donors (Lipinski definition) is 1. The van der Waals surface area contributed by atoms with Crippen LogP contribution in [0.15, 0.2) is 23.2 Å². The predicted octanol–water partition coefficient (Wildman–Crippen LogP) is 3.48. The largest absolute Gasteiger partial charge is 0.268 e. The van der Waals surface area contributed by atoms with E-state index >= 15 is 0 Å². The SMILES string of the molecule is Cc1cc(S(=O)(=O)NCCCn2ncc(Cl)c2C)c(C)cc1Cl. The summed E-state index contributed by atoms with van der Waals surface area (Å²) in [4.78, 5) is 0.262. The van der Waals surface area contributed by atoms with Crippen LogP contribution in [-0.4, -0.2) is 24.7 Å². The summed E-state index contributed by atoms with van der Waals surface area (Å²) in [6, 6.07) is 3.26. The second-order valence-corrected chi connectivity index (χ2v) is 7.97. The van der Waals surface area contributed by atoms with E-state index in [4.69, 9.17) is 23.2 Å². The van der Waals surface area contributed by atoms with E-state index in [1.807, 2.05) is 6.92 Å². The predicted molar refractivity (Wildman–Crippen MR) is 92.7 cm³/mol. The van der Waals surface area contributed by atoms with Crippen LogP contribution in [0.25, 0.3) is 0 Å². The summed E-state index contributed by atoms with van der Waals surface area (Å²) in [5.41, 5.74) is 2.24. The second kappa shape index (κ2) is 7.21. The van der Waals surface area contributed by atoms with Gasteiger partial charge in [0.2, 0.25) is 10.0 Å². The van der Waals surface area contributed by atoms with Crippen LogP contribution in [-0.2, 0) is 16.6 Å². The number of benzene rings is 1. The van der Waals surface area contributed by atoms with Crippen molar-refractivity contribution in [2.75, 3.05) is 6.54 Å². The third-order valence-corrected chi connectivity index (χ3v) is 6.01. The van der Waals surface area contributed by atoms with Gasteiger partial charge in [-0.05, 0) is 50.5 Å². The molecular weight excluding hydrogens is 357 g/mol. The summed E-state index contributed by atoms with van der Waals surface area (Å²) in [7, 11) is -3.55. The molecule has 0 saturated carbocycles. The maximum absolute atomic E-state index is 12.4. The van der Waals surface area contributed by atoms with Crippen molar-refractivity contribution < 1.29 is 8.42 Å². The summed E-state index contributed by atoms with van der Waals surface area (Å²) >= 11 is 11.9. The summed E-state index contributed by atoms with van der Waals surface area (Å²) in [6.07, 6.45) is 2.20. The third kappa shape index (κ3) is 4.26. The summed E-state index contributed by atoms with van der Waals surface area (Å²) in [6.45, 7) is 6.30. The van der Waals surface area contributed by atoms with E-state index in [0.717, 1.165) is 11.3 Å². The molecule has 2 aromatic rings. The standard InChI is InChI=1S/C15H19Cl2N3O2S/c1-10-8-15(11(2)7-13(10)16)23(21,22)19-5-4-6-20-12(3)14(17)9-18-20/h7-9,19H,4-6H2,1-3H3. The first kappa shape index (κ1) is 18.3. The van der Waals surface area contributed by atoms with Crippen LogP contribution in [0.2, 0.25) is 10.0 Å². The Balaban J connectivity index is 1.99. The van der Waals surface area contributed by atoms with E-state index in [1.165, 1.54) is 0 Å². The zero-order chi connectivity index (χ0) is 17.2. The molecule has 0 aliphatic rings. The minimum Gasteiger partial charge on any atom is -0.268 e. The number of nitrogens with one attached hydrogen (secondary N) is 1. The van der Waals surface area contributed by atoms with Crippen molar-refractivity contribution >= 4 is 33.2 Å². The zero-order valence-electron chi connectivity index (χ0n) is 13.2. The molecule has 5 nitrogen and oxygen atoms in total. The molecule has 0 amide bonds. The average molecular weight is 376 g/mol. The minimum absolute atomic E-state index is 0.262. The Kier molecular flexibility index (Phi) is 5.73. The van der Waals surface area contributed by atoms with Gasteiger partial charge in [-0.3, -0.25) is 4.68 Å². The van der Waals surface area contributed by atoms with Gasteiger partial charge in [0.1, 0.15) is 0 Å². The van der Waals surface area contributed by atoms with Crippen molar-refractivity contribution in [3.8, 4) is 0 Å². The fourth-order valence-corrected chi connectivity index (χ4v) is 3.95. The molecule has 0 aliphatic carbocycles.